The van der Waals surface area contributed by atoms with E-state index in [0.717, 1.165) is 35.9 Å². The number of rotatable bonds is 1. The van der Waals surface area contributed by atoms with Crippen LogP contribution in [-0.4, -0.2) is 10.1 Å². The Bertz CT molecular complexity index is 590. The van der Waals surface area contributed by atoms with Crippen LogP contribution in [0.2, 0.25) is 0 Å². The number of benzene rings is 1. The summed E-state index contributed by atoms with van der Waals surface area (Å²) in [4.78, 5) is 3.19. The molecule has 0 aliphatic carbocycles. The number of phenolic OH excluding ortho intramolecular Hbond substituents is 1. The highest BCUT2D eigenvalue weighted by Crippen LogP contribution is 2.42. The Morgan fingerprint density at radius 1 is 1.06 bits per heavy atom. The van der Waals surface area contributed by atoms with Gasteiger partial charge in [0.1, 0.15) is 5.75 Å². The number of aromatic nitrogens is 1. The topological polar surface area (TPSA) is 36.0 Å². The van der Waals surface area contributed by atoms with Gasteiger partial charge >= 0.3 is 0 Å². The zero-order valence-electron chi connectivity index (χ0n) is 9.24. The molecule has 0 spiro atoms. The first-order valence-corrected chi connectivity index (χ1v) is 7.32. The van der Waals surface area contributed by atoms with E-state index >= 15 is 0 Å². The van der Waals surface area contributed by atoms with Crippen molar-refractivity contribution < 1.29 is 5.11 Å². The summed E-state index contributed by atoms with van der Waals surface area (Å²) < 4.78 is 2.65. The number of H-pyrrole nitrogens is 1. The van der Waals surface area contributed by atoms with E-state index in [4.69, 9.17) is 0 Å². The molecule has 0 saturated carbocycles. The predicted octanol–water partition coefficient (Wildman–Crippen LogP) is 5.29. The van der Waals surface area contributed by atoms with Crippen molar-refractivity contribution >= 4 is 47.8 Å². The monoisotopic (exact) mass is 421 g/mol. The molecule has 2 aromatic rings. The Balaban J connectivity index is 2.72. The summed E-state index contributed by atoms with van der Waals surface area (Å²) in [5.41, 5.74) is 3.63. The van der Waals surface area contributed by atoms with Crippen LogP contribution in [0.25, 0.3) is 11.3 Å². The largest absolute Gasteiger partial charge is 0.507 e. The van der Waals surface area contributed by atoms with Crippen LogP contribution in [0.5, 0.6) is 5.75 Å². The second-order valence-electron chi connectivity index (χ2n) is 3.92. The van der Waals surface area contributed by atoms with Gasteiger partial charge in [0.2, 0.25) is 0 Å². The number of nitrogens with one attached hydrogen (secondary N) is 1. The van der Waals surface area contributed by atoms with Gasteiger partial charge in [0, 0.05) is 5.56 Å². The van der Waals surface area contributed by atoms with Gasteiger partial charge in [0.15, 0.2) is 0 Å². The van der Waals surface area contributed by atoms with Gasteiger partial charge in [0.05, 0.1) is 19.2 Å². The molecule has 17 heavy (non-hydrogen) atoms. The highest BCUT2D eigenvalue weighted by molar-refractivity contribution is 9.14. The van der Waals surface area contributed by atoms with Crippen LogP contribution in [-0.2, 0) is 0 Å². The lowest BCUT2D eigenvalue weighted by atomic mass is 10.0. The molecule has 2 nitrogen and oxygen atoms in total. The second kappa shape index (κ2) is 4.78. The van der Waals surface area contributed by atoms with Gasteiger partial charge in [-0.15, -0.1) is 0 Å². The van der Waals surface area contributed by atoms with Gasteiger partial charge in [-0.05, 0) is 78.8 Å². The fourth-order valence-corrected chi connectivity index (χ4v) is 3.23. The summed E-state index contributed by atoms with van der Waals surface area (Å²) in [6.45, 7) is 3.91. The van der Waals surface area contributed by atoms with Crippen LogP contribution in [0.15, 0.2) is 25.7 Å². The highest BCUT2D eigenvalue weighted by Gasteiger charge is 2.17. The molecule has 0 fully saturated rings. The van der Waals surface area contributed by atoms with Crippen molar-refractivity contribution in [1.82, 2.24) is 4.98 Å². The van der Waals surface area contributed by atoms with E-state index < -0.39 is 0 Å². The SMILES string of the molecule is Cc1cc(C)c(O)c(-c2[nH]c(Br)c(Br)c2Br)c1. The zero-order valence-corrected chi connectivity index (χ0v) is 14.0. The third kappa shape index (κ3) is 2.33. The average Bonchev–Trinajstić information content (AvgIpc) is 2.51. The molecule has 0 amide bonds. The van der Waals surface area contributed by atoms with E-state index in [-0.39, 0.29) is 0 Å². The van der Waals surface area contributed by atoms with Gasteiger partial charge in [-0.1, -0.05) is 6.07 Å². The van der Waals surface area contributed by atoms with Crippen LogP contribution in [0.4, 0.5) is 0 Å². The van der Waals surface area contributed by atoms with Crippen LogP contribution < -0.4 is 0 Å². The van der Waals surface area contributed by atoms with Crippen molar-refractivity contribution in [1.29, 1.82) is 0 Å². The first-order valence-electron chi connectivity index (χ1n) is 4.95. The highest BCUT2D eigenvalue weighted by atomic mass is 79.9. The number of aromatic amines is 1. The van der Waals surface area contributed by atoms with E-state index in [1.807, 2.05) is 26.0 Å². The number of hydrogen-bond acceptors (Lipinski definition) is 1. The number of hydrogen-bond donors (Lipinski definition) is 2. The third-order valence-electron chi connectivity index (χ3n) is 2.55. The Labute approximate surface area is 125 Å². The molecule has 1 aromatic heterocycles. The fraction of sp³-hybridized carbons (Fsp3) is 0.167. The van der Waals surface area contributed by atoms with Gasteiger partial charge in [-0.25, -0.2) is 0 Å². The molecule has 1 aromatic carbocycles. The Morgan fingerprint density at radius 3 is 2.24 bits per heavy atom. The van der Waals surface area contributed by atoms with Crippen LogP contribution in [0, 0.1) is 13.8 Å². The number of aromatic hydroxyl groups is 1. The molecule has 0 aliphatic heterocycles. The van der Waals surface area contributed by atoms with Gasteiger partial charge in [0.25, 0.3) is 0 Å². The zero-order chi connectivity index (χ0) is 12.7. The first kappa shape index (κ1) is 13.2. The summed E-state index contributed by atoms with van der Waals surface area (Å²) in [7, 11) is 0. The normalized spacial score (nSPS) is 10.9. The van der Waals surface area contributed by atoms with Crippen LogP contribution in [0.1, 0.15) is 11.1 Å². The van der Waals surface area contributed by atoms with E-state index in [0.29, 0.717) is 5.75 Å². The van der Waals surface area contributed by atoms with Crippen molar-refractivity contribution in [2.45, 2.75) is 13.8 Å². The summed E-state index contributed by atoms with van der Waals surface area (Å²) in [6, 6.07) is 3.91. The molecule has 0 saturated heterocycles. The predicted molar refractivity (Wildman–Crippen MR) is 80.5 cm³/mol. The quantitative estimate of drug-likeness (QED) is 0.642. The molecule has 1 heterocycles. The van der Waals surface area contributed by atoms with Crippen molar-refractivity contribution in [2.75, 3.05) is 0 Å². The van der Waals surface area contributed by atoms with Crippen molar-refractivity contribution in [3.63, 3.8) is 0 Å². The molecule has 0 atom stereocenters. The minimum absolute atomic E-state index is 0.303. The lowest BCUT2D eigenvalue weighted by Gasteiger charge is -2.08. The maximum atomic E-state index is 10.1. The molecule has 2 rings (SSSR count). The maximum absolute atomic E-state index is 10.1. The van der Waals surface area contributed by atoms with E-state index in [1.165, 1.54) is 0 Å². The summed E-state index contributed by atoms with van der Waals surface area (Å²) in [5, 5.41) is 10.1. The van der Waals surface area contributed by atoms with Crippen molar-refractivity contribution in [3.8, 4) is 17.0 Å². The molecule has 0 bridgehead atoms. The van der Waals surface area contributed by atoms with Gasteiger partial charge in [-0.3, -0.25) is 0 Å². The second-order valence-corrected chi connectivity index (χ2v) is 6.30. The van der Waals surface area contributed by atoms with Crippen LogP contribution in [0.3, 0.4) is 0 Å². The number of phenols is 1. The number of aryl methyl sites for hydroxylation is 2. The van der Waals surface area contributed by atoms with E-state index in [2.05, 4.69) is 52.8 Å². The lowest BCUT2D eigenvalue weighted by molar-refractivity contribution is 0.473. The lowest BCUT2D eigenvalue weighted by Crippen LogP contribution is -1.86. The summed E-state index contributed by atoms with van der Waals surface area (Å²) >= 11 is 10.4. The Morgan fingerprint density at radius 2 is 1.71 bits per heavy atom. The average molecular weight is 424 g/mol. The fourth-order valence-electron chi connectivity index (χ4n) is 1.76. The van der Waals surface area contributed by atoms with E-state index in [9.17, 15) is 5.11 Å². The molecule has 0 unspecified atom stereocenters. The molecule has 2 N–H and O–H groups in total. The van der Waals surface area contributed by atoms with Crippen molar-refractivity contribution in [2.24, 2.45) is 0 Å². The minimum Gasteiger partial charge on any atom is -0.507 e. The molecule has 5 heteroatoms. The maximum Gasteiger partial charge on any atom is 0.127 e. The minimum atomic E-state index is 0.303. The van der Waals surface area contributed by atoms with E-state index in [1.54, 1.807) is 0 Å². The smallest absolute Gasteiger partial charge is 0.127 e. The van der Waals surface area contributed by atoms with Gasteiger partial charge < -0.3 is 10.1 Å². The van der Waals surface area contributed by atoms with Crippen LogP contribution >= 0.6 is 47.8 Å². The van der Waals surface area contributed by atoms with Gasteiger partial charge in [-0.2, -0.15) is 0 Å². The third-order valence-corrected chi connectivity index (χ3v) is 5.80. The Kier molecular flexibility index (Phi) is 3.71. The Hall–Kier alpha value is -0.260. The molecular formula is C12H10Br3NO. The standard InChI is InChI=1S/C12H10Br3NO/c1-5-3-6(2)11(17)7(4-5)10-8(13)9(14)12(15)16-10/h3-4,16-17H,1-2H3. The van der Waals surface area contributed by atoms with Crippen molar-refractivity contribution in [3.05, 3.63) is 36.8 Å². The summed E-state index contributed by atoms with van der Waals surface area (Å²) in [5.74, 6) is 0.303. The molecule has 0 aliphatic rings. The molecular weight excluding hydrogens is 414 g/mol. The molecule has 0 radical (unpaired) electrons. The summed E-state index contributed by atoms with van der Waals surface area (Å²) in [6.07, 6.45) is 0. The number of halogens is 3. The molecule has 90 valence electrons. The first-order chi connectivity index (χ1) is 7.91.